The minimum atomic E-state index is -4.92. The summed E-state index contributed by atoms with van der Waals surface area (Å²) in [4.78, 5) is 26.0. The minimum absolute atomic E-state index is 0.131. The van der Waals surface area contributed by atoms with E-state index in [4.69, 9.17) is 0 Å². The number of nitrogens with one attached hydrogen (secondary N) is 2. The second kappa shape index (κ2) is 9.27. The lowest BCUT2D eigenvalue weighted by Gasteiger charge is -2.15. The Kier molecular flexibility index (Phi) is 6.53. The van der Waals surface area contributed by atoms with E-state index in [1.807, 2.05) is 0 Å². The maximum Gasteiger partial charge on any atom is 0.573 e. The highest BCUT2D eigenvalue weighted by molar-refractivity contribution is 7.10. The Bertz CT molecular complexity index is 1050. The number of ether oxygens (including phenoxy) is 1. The summed E-state index contributed by atoms with van der Waals surface area (Å²) in [5, 5.41) is 6.66. The lowest BCUT2D eigenvalue weighted by Crippen LogP contribution is -2.31. The molecule has 0 aliphatic heterocycles. The highest BCUT2D eigenvalue weighted by Gasteiger charge is 2.32. The first-order valence-corrected chi connectivity index (χ1v) is 9.47. The molecule has 0 radical (unpaired) electrons. The van der Waals surface area contributed by atoms with E-state index < -0.39 is 23.9 Å². The van der Waals surface area contributed by atoms with Gasteiger partial charge in [-0.3, -0.25) is 9.59 Å². The van der Waals surface area contributed by atoms with Gasteiger partial charge in [0.05, 0.1) is 5.69 Å². The summed E-state index contributed by atoms with van der Waals surface area (Å²) in [6.07, 6.45) is -3.48. The molecule has 0 spiro atoms. The van der Waals surface area contributed by atoms with E-state index in [1.54, 1.807) is 47.8 Å². The van der Waals surface area contributed by atoms with Crippen LogP contribution in [-0.2, 0) is 4.79 Å². The molecular formula is C21H15F3N2O3S. The van der Waals surface area contributed by atoms with Crippen molar-refractivity contribution in [1.82, 2.24) is 5.32 Å². The number of para-hydroxylation sites is 2. The zero-order chi connectivity index (χ0) is 21.6. The number of carbonyl (C=O) groups excluding carboxylic acids is 2. The molecule has 0 saturated carbocycles. The molecular weight excluding hydrogens is 417 g/mol. The average Bonchev–Trinajstić information content (AvgIpc) is 3.21. The van der Waals surface area contributed by atoms with Gasteiger partial charge in [0.25, 0.3) is 11.8 Å². The third-order valence-corrected chi connectivity index (χ3v) is 4.54. The number of carbonyl (C=O) groups is 2. The molecule has 3 rings (SSSR count). The number of hydrogen-bond donors (Lipinski definition) is 2. The largest absolute Gasteiger partial charge is 0.573 e. The smallest absolute Gasteiger partial charge is 0.404 e. The van der Waals surface area contributed by atoms with Gasteiger partial charge >= 0.3 is 6.36 Å². The van der Waals surface area contributed by atoms with Crippen molar-refractivity contribution in [2.24, 2.45) is 0 Å². The van der Waals surface area contributed by atoms with Gasteiger partial charge in [0.1, 0.15) is 5.70 Å². The monoisotopic (exact) mass is 432 g/mol. The number of rotatable bonds is 6. The molecule has 0 atom stereocenters. The first-order valence-electron chi connectivity index (χ1n) is 8.59. The molecule has 2 amide bonds. The normalized spacial score (nSPS) is 11.6. The number of hydrogen-bond acceptors (Lipinski definition) is 4. The summed E-state index contributed by atoms with van der Waals surface area (Å²) in [6.45, 7) is 0. The molecule has 1 aromatic heterocycles. The molecule has 0 bridgehead atoms. The molecule has 5 nitrogen and oxygen atoms in total. The zero-order valence-electron chi connectivity index (χ0n) is 15.3. The van der Waals surface area contributed by atoms with Crippen LogP contribution in [-0.4, -0.2) is 18.2 Å². The fourth-order valence-corrected chi connectivity index (χ4v) is 3.09. The standard InChI is InChI=1S/C21H15F3N2O3S/c22-21(23,24)29-18-11-5-4-10-16(18)25-20(28)17(13-15-9-6-12-30-15)26-19(27)14-7-2-1-3-8-14/h1-13H,(H,25,28)(H,26,27)/b17-13-. The van der Waals surface area contributed by atoms with Gasteiger partial charge in [-0.1, -0.05) is 36.4 Å². The van der Waals surface area contributed by atoms with E-state index in [0.29, 0.717) is 10.4 Å². The predicted octanol–water partition coefficient (Wildman–Crippen LogP) is 5.06. The van der Waals surface area contributed by atoms with E-state index in [9.17, 15) is 22.8 Å². The number of thiophene rings is 1. The Hall–Kier alpha value is -3.59. The fourth-order valence-electron chi connectivity index (χ4n) is 2.43. The van der Waals surface area contributed by atoms with Crippen LogP contribution in [0.2, 0.25) is 0 Å². The lowest BCUT2D eigenvalue weighted by molar-refractivity contribution is -0.274. The van der Waals surface area contributed by atoms with Crippen LogP contribution < -0.4 is 15.4 Å². The number of amides is 2. The quantitative estimate of drug-likeness (QED) is 0.536. The van der Waals surface area contributed by atoms with E-state index in [0.717, 1.165) is 6.07 Å². The molecule has 0 aliphatic rings. The van der Waals surface area contributed by atoms with Crippen molar-refractivity contribution in [1.29, 1.82) is 0 Å². The van der Waals surface area contributed by atoms with Gasteiger partial charge in [-0.25, -0.2) is 0 Å². The second-order valence-electron chi connectivity index (χ2n) is 5.89. The summed E-state index contributed by atoms with van der Waals surface area (Å²) in [5.74, 6) is -1.90. The second-order valence-corrected chi connectivity index (χ2v) is 6.87. The van der Waals surface area contributed by atoms with Crippen molar-refractivity contribution in [3.63, 3.8) is 0 Å². The Morgan fingerprint density at radius 2 is 1.63 bits per heavy atom. The van der Waals surface area contributed by atoms with Crippen molar-refractivity contribution >= 4 is 34.9 Å². The SMILES string of the molecule is O=C(Nc1ccccc1OC(F)(F)F)/C(=C/c1cccs1)NC(=O)c1ccccc1. The Balaban J connectivity index is 1.86. The van der Waals surface area contributed by atoms with Gasteiger partial charge < -0.3 is 15.4 Å². The van der Waals surface area contributed by atoms with Crippen LogP contribution in [0.3, 0.4) is 0 Å². The lowest BCUT2D eigenvalue weighted by atomic mass is 10.2. The average molecular weight is 432 g/mol. The predicted molar refractivity (Wildman–Crippen MR) is 108 cm³/mol. The summed E-state index contributed by atoms with van der Waals surface area (Å²) < 4.78 is 41.8. The van der Waals surface area contributed by atoms with Crippen molar-refractivity contribution in [3.05, 3.63) is 88.2 Å². The van der Waals surface area contributed by atoms with Crippen LogP contribution in [0.5, 0.6) is 5.75 Å². The van der Waals surface area contributed by atoms with Gasteiger partial charge in [0, 0.05) is 10.4 Å². The third kappa shape index (κ3) is 5.95. The van der Waals surface area contributed by atoms with Crippen LogP contribution in [0.4, 0.5) is 18.9 Å². The van der Waals surface area contributed by atoms with E-state index in [-0.39, 0.29) is 11.4 Å². The third-order valence-electron chi connectivity index (χ3n) is 3.72. The molecule has 1 heterocycles. The molecule has 2 aromatic carbocycles. The number of alkyl halides is 3. The summed E-state index contributed by atoms with van der Waals surface area (Å²) in [7, 11) is 0. The maximum atomic E-state index is 12.8. The Labute approximate surface area is 173 Å². The molecule has 0 saturated heterocycles. The highest BCUT2D eigenvalue weighted by atomic mass is 32.1. The summed E-state index contributed by atoms with van der Waals surface area (Å²) in [6, 6.07) is 16.8. The van der Waals surface area contributed by atoms with Crippen molar-refractivity contribution < 1.29 is 27.5 Å². The molecule has 154 valence electrons. The van der Waals surface area contributed by atoms with Gasteiger partial charge in [-0.05, 0) is 41.8 Å². The van der Waals surface area contributed by atoms with Crippen LogP contribution >= 0.6 is 11.3 Å². The van der Waals surface area contributed by atoms with Gasteiger partial charge in [0.2, 0.25) is 0 Å². The number of benzene rings is 2. The minimum Gasteiger partial charge on any atom is -0.404 e. The molecule has 0 fully saturated rings. The van der Waals surface area contributed by atoms with Crippen LogP contribution in [0.25, 0.3) is 6.08 Å². The fraction of sp³-hybridized carbons (Fsp3) is 0.0476. The van der Waals surface area contributed by atoms with Crippen molar-refractivity contribution in [2.75, 3.05) is 5.32 Å². The highest BCUT2D eigenvalue weighted by Crippen LogP contribution is 2.30. The molecule has 0 unspecified atom stereocenters. The molecule has 3 aromatic rings. The molecule has 0 aliphatic carbocycles. The van der Waals surface area contributed by atoms with Crippen LogP contribution in [0.1, 0.15) is 15.2 Å². The van der Waals surface area contributed by atoms with E-state index in [2.05, 4.69) is 15.4 Å². The van der Waals surface area contributed by atoms with Crippen LogP contribution in [0, 0.1) is 0 Å². The van der Waals surface area contributed by atoms with Crippen LogP contribution in [0.15, 0.2) is 77.8 Å². The van der Waals surface area contributed by atoms with Crippen molar-refractivity contribution in [2.45, 2.75) is 6.36 Å². The summed E-state index contributed by atoms with van der Waals surface area (Å²) >= 11 is 1.33. The van der Waals surface area contributed by atoms with E-state index >= 15 is 0 Å². The Morgan fingerprint density at radius 3 is 2.30 bits per heavy atom. The maximum absolute atomic E-state index is 12.8. The number of halogens is 3. The molecule has 9 heteroatoms. The molecule has 30 heavy (non-hydrogen) atoms. The van der Waals surface area contributed by atoms with Gasteiger partial charge in [-0.15, -0.1) is 24.5 Å². The zero-order valence-corrected chi connectivity index (χ0v) is 16.1. The van der Waals surface area contributed by atoms with Gasteiger partial charge in [0.15, 0.2) is 5.75 Å². The van der Waals surface area contributed by atoms with Crippen molar-refractivity contribution in [3.8, 4) is 5.75 Å². The van der Waals surface area contributed by atoms with Gasteiger partial charge in [-0.2, -0.15) is 0 Å². The number of anilines is 1. The first kappa shape index (κ1) is 21.1. The summed E-state index contributed by atoms with van der Waals surface area (Å²) in [5.41, 5.74) is 0.00200. The van der Waals surface area contributed by atoms with E-state index in [1.165, 1.54) is 35.6 Å². The Morgan fingerprint density at radius 1 is 0.933 bits per heavy atom. The molecule has 2 N–H and O–H groups in total. The first-order chi connectivity index (χ1) is 14.3. The topological polar surface area (TPSA) is 67.4 Å².